The van der Waals surface area contributed by atoms with E-state index in [0.29, 0.717) is 24.5 Å². The Morgan fingerprint density at radius 2 is 1.69 bits per heavy atom. The smallest absolute Gasteiger partial charge is 0.246 e. The Bertz CT molecular complexity index is 1000. The molecule has 1 amide bonds. The summed E-state index contributed by atoms with van der Waals surface area (Å²) >= 11 is 0. The average molecular weight is 417 g/mol. The number of sulfonamides is 1. The lowest BCUT2D eigenvalue weighted by Gasteiger charge is -2.33. The third kappa shape index (κ3) is 4.43. The molecule has 8 heteroatoms. The summed E-state index contributed by atoms with van der Waals surface area (Å²) in [5.41, 5.74) is 2.12. The first kappa shape index (κ1) is 21.3. The van der Waals surface area contributed by atoms with E-state index >= 15 is 0 Å². The standard InChI is InChI=1S/C21H28N4O3S/c1-16(2)25-18(4)21(17(3)22-25)29(27,28)24-14-12-23(13-15-24)20(26)11-10-19-8-6-5-7-9-19/h5-11,16H,12-15H2,1-4H3/b11-10+. The van der Waals surface area contributed by atoms with Crippen molar-refractivity contribution in [1.29, 1.82) is 0 Å². The van der Waals surface area contributed by atoms with Crippen molar-refractivity contribution in [3.05, 3.63) is 53.4 Å². The van der Waals surface area contributed by atoms with Gasteiger partial charge in [0.05, 0.1) is 11.4 Å². The first-order chi connectivity index (χ1) is 13.7. The van der Waals surface area contributed by atoms with Crippen LogP contribution in [-0.4, -0.2) is 59.5 Å². The molecule has 0 saturated carbocycles. The highest BCUT2D eigenvalue weighted by Crippen LogP contribution is 2.26. The summed E-state index contributed by atoms with van der Waals surface area (Å²) in [5, 5.41) is 4.40. The number of nitrogens with zero attached hydrogens (tertiary/aromatic N) is 4. The van der Waals surface area contributed by atoms with Crippen LogP contribution in [0.1, 0.15) is 36.8 Å². The fraction of sp³-hybridized carbons (Fsp3) is 0.429. The number of benzene rings is 1. The van der Waals surface area contributed by atoms with E-state index < -0.39 is 10.0 Å². The average Bonchev–Trinajstić information content (AvgIpc) is 3.02. The number of aryl methyl sites for hydroxylation is 1. The van der Waals surface area contributed by atoms with Gasteiger partial charge in [-0.3, -0.25) is 9.48 Å². The van der Waals surface area contributed by atoms with Gasteiger partial charge in [-0.25, -0.2) is 8.42 Å². The van der Waals surface area contributed by atoms with Crippen LogP contribution in [0.2, 0.25) is 0 Å². The minimum absolute atomic E-state index is 0.0866. The molecule has 0 spiro atoms. The molecule has 3 rings (SSSR count). The first-order valence-corrected chi connectivity index (χ1v) is 11.2. The molecular weight excluding hydrogens is 388 g/mol. The summed E-state index contributed by atoms with van der Waals surface area (Å²) in [6.45, 7) is 8.76. The highest BCUT2D eigenvalue weighted by Gasteiger charge is 2.34. The van der Waals surface area contributed by atoms with Gasteiger partial charge < -0.3 is 4.90 Å². The summed E-state index contributed by atoms with van der Waals surface area (Å²) in [4.78, 5) is 14.4. The fourth-order valence-electron chi connectivity index (χ4n) is 3.64. The molecule has 29 heavy (non-hydrogen) atoms. The fourth-order valence-corrected chi connectivity index (χ4v) is 5.42. The maximum Gasteiger partial charge on any atom is 0.246 e. The van der Waals surface area contributed by atoms with Crippen LogP contribution >= 0.6 is 0 Å². The minimum Gasteiger partial charge on any atom is -0.337 e. The molecule has 1 aliphatic rings. The second-order valence-electron chi connectivity index (χ2n) is 7.51. The lowest BCUT2D eigenvalue weighted by Crippen LogP contribution is -2.50. The second kappa shape index (κ2) is 8.51. The molecule has 2 aromatic rings. The van der Waals surface area contributed by atoms with Crippen LogP contribution in [-0.2, 0) is 14.8 Å². The van der Waals surface area contributed by atoms with Gasteiger partial charge >= 0.3 is 0 Å². The van der Waals surface area contributed by atoms with Crippen LogP contribution < -0.4 is 0 Å². The van der Waals surface area contributed by atoms with Crippen LogP contribution in [0, 0.1) is 13.8 Å². The van der Waals surface area contributed by atoms with E-state index in [1.54, 1.807) is 35.6 Å². The van der Waals surface area contributed by atoms with Crippen molar-refractivity contribution < 1.29 is 13.2 Å². The Hall–Kier alpha value is -2.45. The highest BCUT2D eigenvalue weighted by molar-refractivity contribution is 7.89. The molecule has 0 N–H and O–H groups in total. The molecule has 7 nitrogen and oxygen atoms in total. The van der Waals surface area contributed by atoms with E-state index in [1.807, 2.05) is 44.2 Å². The molecule has 0 unspecified atom stereocenters. The molecule has 0 bridgehead atoms. The van der Waals surface area contributed by atoms with Crippen LogP contribution in [0.4, 0.5) is 0 Å². The van der Waals surface area contributed by atoms with Crippen molar-refractivity contribution >= 4 is 22.0 Å². The van der Waals surface area contributed by atoms with E-state index in [0.717, 1.165) is 5.56 Å². The zero-order valence-electron chi connectivity index (χ0n) is 17.4. The normalized spacial score (nSPS) is 16.1. The molecule has 2 heterocycles. The third-order valence-corrected chi connectivity index (χ3v) is 7.27. The number of hydrogen-bond donors (Lipinski definition) is 0. The molecular formula is C21H28N4O3S. The van der Waals surface area contributed by atoms with Gasteiger partial charge in [-0.2, -0.15) is 9.40 Å². The molecule has 1 aliphatic heterocycles. The van der Waals surface area contributed by atoms with Crippen molar-refractivity contribution in [3.8, 4) is 0 Å². The number of rotatable bonds is 5. The van der Waals surface area contributed by atoms with Crippen molar-refractivity contribution in [2.75, 3.05) is 26.2 Å². The lowest BCUT2D eigenvalue weighted by atomic mass is 10.2. The van der Waals surface area contributed by atoms with Crippen LogP contribution in [0.15, 0.2) is 41.3 Å². The minimum atomic E-state index is -3.65. The van der Waals surface area contributed by atoms with E-state index in [9.17, 15) is 13.2 Å². The van der Waals surface area contributed by atoms with Crippen molar-refractivity contribution in [3.63, 3.8) is 0 Å². The van der Waals surface area contributed by atoms with Gasteiger partial charge in [0.15, 0.2) is 0 Å². The molecule has 1 aromatic heterocycles. The number of aromatic nitrogens is 2. The van der Waals surface area contributed by atoms with E-state index in [4.69, 9.17) is 0 Å². The predicted octanol–water partition coefficient (Wildman–Crippen LogP) is 2.63. The van der Waals surface area contributed by atoms with Crippen molar-refractivity contribution in [2.24, 2.45) is 0 Å². The predicted molar refractivity (Wildman–Crippen MR) is 113 cm³/mol. The molecule has 0 radical (unpaired) electrons. The summed E-state index contributed by atoms with van der Waals surface area (Å²) in [6, 6.07) is 9.70. The Balaban J connectivity index is 1.69. The van der Waals surface area contributed by atoms with Gasteiger partial charge in [0.1, 0.15) is 4.90 Å². The molecule has 156 valence electrons. The van der Waals surface area contributed by atoms with Gasteiger partial charge in [0.25, 0.3) is 0 Å². The molecule has 1 aromatic carbocycles. The summed E-state index contributed by atoms with van der Waals surface area (Å²) in [5.74, 6) is -0.106. The number of hydrogen-bond acceptors (Lipinski definition) is 4. The quantitative estimate of drug-likeness (QED) is 0.702. The zero-order chi connectivity index (χ0) is 21.2. The van der Waals surface area contributed by atoms with Gasteiger partial charge in [0.2, 0.25) is 15.9 Å². The summed E-state index contributed by atoms with van der Waals surface area (Å²) in [6.07, 6.45) is 3.32. The number of carbonyl (C=O) groups excluding carboxylic acids is 1. The third-order valence-electron chi connectivity index (χ3n) is 5.11. The number of carbonyl (C=O) groups is 1. The van der Waals surface area contributed by atoms with Crippen LogP contribution in [0.3, 0.4) is 0 Å². The van der Waals surface area contributed by atoms with Crippen LogP contribution in [0.5, 0.6) is 0 Å². The zero-order valence-corrected chi connectivity index (χ0v) is 18.2. The largest absolute Gasteiger partial charge is 0.337 e. The van der Waals surface area contributed by atoms with Gasteiger partial charge in [-0.1, -0.05) is 30.3 Å². The molecule has 1 fully saturated rings. The molecule has 1 saturated heterocycles. The van der Waals surface area contributed by atoms with E-state index in [-0.39, 0.29) is 29.9 Å². The van der Waals surface area contributed by atoms with Gasteiger partial charge in [-0.05, 0) is 39.3 Å². The van der Waals surface area contributed by atoms with E-state index in [2.05, 4.69) is 5.10 Å². The van der Waals surface area contributed by atoms with Crippen molar-refractivity contribution in [2.45, 2.75) is 38.6 Å². The SMILES string of the molecule is Cc1nn(C(C)C)c(C)c1S(=O)(=O)N1CCN(C(=O)/C=C/c2ccccc2)CC1. The topological polar surface area (TPSA) is 75.5 Å². The Morgan fingerprint density at radius 3 is 2.24 bits per heavy atom. The Kier molecular flexibility index (Phi) is 6.24. The Morgan fingerprint density at radius 1 is 1.07 bits per heavy atom. The second-order valence-corrected chi connectivity index (χ2v) is 9.39. The van der Waals surface area contributed by atoms with Gasteiger partial charge in [-0.15, -0.1) is 0 Å². The molecule has 0 aliphatic carbocycles. The maximum absolute atomic E-state index is 13.2. The Labute approximate surface area is 172 Å². The van der Waals surface area contributed by atoms with Crippen LogP contribution in [0.25, 0.3) is 6.08 Å². The maximum atomic E-state index is 13.2. The summed E-state index contributed by atoms with van der Waals surface area (Å²) in [7, 11) is -3.65. The highest BCUT2D eigenvalue weighted by atomic mass is 32.2. The monoisotopic (exact) mass is 416 g/mol. The van der Waals surface area contributed by atoms with Crippen molar-refractivity contribution in [1.82, 2.24) is 19.0 Å². The van der Waals surface area contributed by atoms with E-state index in [1.165, 1.54) is 4.31 Å². The van der Waals surface area contributed by atoms with Gasteiger partial charge in [0, 0.05) is 38.3 Å². The number of piperazine rings is 1. The first-order valence-electron chi connectivity index (χ1n) is 9.79. The lowest BCUT2D eigenvalue weighted by molar-refractivity contribution is -0.127. The summed E-state index contributed by atoms with van der Waals surface area (Å²) < 4.78 is 29.6. The molecule has 0 atom stereocenters. The number of amides is 1.